The number of carbonyl (C=O) groups excluding carboxylic acids is 1. The van der Waals surface area contributed by atoms with Crippen LogP contribution in [0.5, 0.6) is 0 Å². The second-order valence-corrected chi connectivity index (χ2v) is 3.97. The number of hydrogen-bond donors (Lipinski definition) is 2. The Bertz CT molecular complexity index is 254. The molecule has 0 aromatic carbocycles. The molecule has 5 nitrogen and oxygen atoms in total. The van der Waals surface area contributed by atoms with Gasteiger partial charge >= 0.3 is 11.9 Å². The van der Waals surface area contributed by atoms with Gasteiger partial charge in [-0.1, -0.05) is 33.6 Å². The van der Waals surface area contributed by atoms with Crippen LogP contribution in [0.2, 0.25) is 0 Å². The summed E-state index contributed by atoms with van der Waals surface area (Å²) in [5.41, 5.74) is 3.72. The molecule has 94 valence electrons. The number of carboxylic acid groups (broad SMARTS) is 1. The second kappa shape index (κ2) is 6.48. The van der Waals surface area contributed by atoms with Crippen molar-refractivity contribution >= 4 is 11.9 Å². The van der Waals surface area contributed by atoms with E-state index in [1.54, 1.807) is 13.8 Å². The lowest BCUT2D eigenvalue weighted by molar-refractivity contribution is -0.164. The van der Waals surface area contributed by atoms with Crippen molar-refractivity contribution in [2.45, 2.75) is 45.6 Å². The van der Waals surface area contributed by atoms with E-state index in [1.807, 2.05) is 6.92 Å². The molecule has 0 amide bonds. The van der Waals surface area contributed by atoms with Crippen molar-refractivity contribution in [1.29, 1.82) is 0 Å². The number of unbranched alkanes of at least 4 members (excludes halogenated alkanes) is 1. The summed E-state index contributed by atoms with van der Waals surface area (Å²) in [6, 6.07) is 0. The molecule has 5 heteroatoms. The first-order valence-electron chi connectivity index (χ1n) is 5.60. The molecule has 2 atom stereocenters. The lowest BCUT2D eigenvalue weighted by atomic mass is 9.84. The molecule has 0 bridgehead atoms. The summed E-state index contributed by atoms with van der Waals surface area (Å²) in [6.07, 6.45) is 2.09. The van der Waals surface area contributed by atoms with Crippen LogP contribution >= 0.6 is 0 Å². The fraction of sp³-hybridized carbons (Fsp3) is 0.818. The number of aliphatic carboxylic acids is 1. The summed E-state index contributed by atoms with van der Waals surface area (Å²) in [6.45, 7) is 5.59. The molecule has 0 fully saturated rings. The summed E-state index contributed by atoms with van der Waals surface area (Å²) in [7, 11) is 0. The normalized spacial score (nSPS) is 16.2. The Labute approximate surface area is 96.0 Å². The topological polar surface area (TPSA) is 89.6 Å². The van der Waals surface area contributed by atoms with E-state index in [2.05, 4.69) is 0 Å². The molecule has 0 rings (SSSR count). The molecular formula is C11H21NO4. The van der Waals surface area contributed by atoms with E-state index in [-0.39, 0.29) is 6.61 Å². The molecule has 0 heterocycles. The maximum absolute atomic E-state index is 11.7. The van der Waals surface area contributed by atoms with Crippen LogP contribution < -0.4 is 5.73 Å². The highest BCUT2D eigenvalue weighted by atomic mass is 16.5. The summed E-state index contributed by atoms with van der Waals surface area (Å²) in [4.78, 5) is 22.7. The number of carboxylic acids is 1. The predicted octanol–water partition coefficient (Wildman–Crippen LogP) is 1.16. The van der Waals surface area contributed by atoms with Crippen LogP contribution in [-0.2, 0) is 14.3 Å². The van der Waals surface area contributed by atoms with E-state index in [0.717, 1.165) is 6.42 Å². The average molecular weight is 231 g/mol. The Hall–Kier alpha value is -1.10. The Morgan fingerprint density at radius 1 is 1.44 bits per heavy atom. The predicted molar refractivity (Wildman–Crippen MR) is 59.9 cm³/mol. The summed E-state index contributed by atoms with van der Waals surface area (Å²) in [5.74, 6) is -2.63. The van der Waals surface area contributed by atoms with E-state index >= 15 is 0 Å². The number of hydrogen-bond acceptors (Lipinski definition) is 4. The molecule has 0 aliphatic carbocycles. The van der Waals surface area contributed by atoms with Crippen LogP contribution in [0.4, 0.5) is 0 Å². The van der Waals surface area contributed by atoms with Gasteiger partial charge in [-0.25, -0.2) is 9.59 Å². The zero-order valence-corrected chi connectivity index (χ0v) is 10.2. The number of carbonyl (C=O) groups is 2. The maximum atomic E-state index is 11.7. The summed E-state index contributed by atoms with van der Waals surface area (Å²) < 4.78 is 4.89. The molecule has 16 heavy (non-hydrogen) atoms. The standard InChI is InChI=1S/C11H21NO4/c1-4-6-7-16-10(15)11(12,9(13)14)8(3)5-2/h8H,4-7,12H2,1-3H3,(H,13,14)/t8?,11-/m0/s1. The second-order valence-electron chi connectivity index (χ2n) is 3.97. The smallest absolute Gasteiger partial charge is 0.338 e. The van der Waals surface area contributed by atoms with Crippen LogP contribution in [0.25, 0.3) is 0 Å². The van der Waals surface area contributed by atoms with Gasteiger partial charge in [0.05, 0.1) is 6.61 Å². The molecule has 0 aromatic heterocycles. The summed E-state index contributed by atoms with van der Waals surface area (Å²) >= 11 is 0. The van der Waals surface area contributed by atoms with Crippen molar-refractivity contribution in [3.8, 4) is 0 Å². The maximum Gasteiger partial charge on any atom is 0.338 e. The number of rotatable bonds is 7. The van der Waals surface area contributed by atoms with Crippen molar-refractivity contribution in [3.05, 3.63) is 0 Å². The van der Waals surface area contributed by atoms with Crippen LogP contribution in [-0.4, -0.2) is 29.2 Å². The van der Waals surface area contributed by atoms with Crippen LogP contribution in [0, 0.1) is 5.92 Å². The van der Waals surface area contributed by atoms with Gasteiger partial charge in [-0.3, -0.25) is 0 Å². The lowest BCUT2D eigenvalue weighted by Gasteiger charge is -2.28. The van der Waals surface area contributed by atoms with Crippen molar-refractivity contribution < 1.29 is 19.4 Å². The van der Waals surface area contributed by atoms with Crippen molar-refractivity contribution in [3.63, 3.8) is 0 Å². The third kappa shape index (κ3) is 3.20. The molecule has 0 aliphatic heterocycles. The third-order valence-corrected chi connectivity index (χ3v) is 2.81. The highest BCUT2D eigenvalue weighted by Gasteiger charge is 2.48. The number of nitrogens with two attached hydrogens (primary N) is 1. The molecule has 0 radical (unpaired) electrons. The number of ether oxygens (including phenoxy) is 1. The van der Waals surface area contributed by atoms with Crippen LogP contribution in [0.1, 0.15) is 40.0 Å². The largest absolute Gasteiger partial charge is 0.479 e. The fourth-order valence-electron chi connectivity index (χ4n) is 1.25. The Morgan fingerprint density at radius 2 is 2.00 bits per heavy atom. The first-order chi connectivity index (χ1) is 7.41. The molecule has 3 N–H and O–H groups in total. The van der Waals surface area contributed by atoms with Gasteiger partial charge in [0.25, 0.3) is 0 Å². The Kier molecular flexibility index (Phi) is 6.03. The van der Waals surface area contributed by atoms with Gasteiger partial charge in [-0.15, -0.1) is 0 Å². The van der Waals surface area contributed by atoms with E-state index in [1.165, 1.54) is 0 Å². The highest BCUT2D eigenvalue weighted by Crippen LogP contribution is 2.20. The van der Waals surface area contributed by atoms with Crippen LogP contribution in [0.15, 0.2) is 0 Å². The van der Waals surface area contributed by atoms with E-state index < -0.39 is 23.4 Å². The third-order valence-electron chi connectivity index (χ3n) is 2.81. The van der Waals surface area contributed by atoms with Crippen LogP contribution in [0.3, 0.4) is 0 Å². The van der Waals surface area contributed by atoms with Gasteiger partial charge in [-0.05, 0) is 12.3 Å². The Morgan fingerprint density at radius 3 is 2.38 bits per heavy atom. The molecule has 0 saturated heterocycles. The van der Waals surface area contributed by atoms with Crippen molar-refractivity contribution in [1.82, 2.24) is 0 Å². The van der Waals surface area contributed by atoms with Gasteiger partial charge < -0.3 is 15.6 Å². The van der Waals surface area contributed by atoms with Gasteiger partial charge in [0, 0.05) is 0 Å². The molecule has 0 aromatic rings. The molecule has 0 spiro atoms. The lowest BCUT2D eigenvalue weighted by Crippen LogP contribution is -2.60. The minimum absolute atomic E-state index is 0.220. The average Bonchev–Trinajstić information content (AvgIpc) is 2.26. The first kappa shape index (κ1) is 14.9. The van der Waals surface area contributed by atoms with Gasteiger partial charge in [-0.2, -0.15) is 0 Å². The minimum Gasteiger partial charge on any atom is -0.479 e. The van der Waals surface area contributed by atoms with E-state index in [9.17, 15) is 9.59 Å². The minimum atomic E-state index is -1.93. The van der Waals surface area contributed by atoms with Crippen molar-refractivity contribution in [2.24, 2.45) is 11.7 Å². The molecule has 0 aliphatic rings. The number of esters is 1. The first-order valence-corrected chi connectivity index (χ1v) is 5.60. The zero-order chi connectivity index (χ0) is 12.8. The van der Waals surface area contributed by atoms with E-state index in [4.69, 9.17) is 15.6 Å². The quantitative estimate of drug-likeness (QED) is 0.390. The Balaban J connectivity index is 4.65. The van der Waals surface area contributed by atoms with Crippen molar-refractivity contribution in [2.75, 3.05) is 6.61 Å². The van der Waals surface area contributed by atoms with E-state index in [0.29, 0.717) is 12.8 Å². The molecular weight excluding hydrogens is 210 g/mol. The van der Waals surface area contributed by atoms with Gasteiger partial charge in [0.15, 0.2) is 0 Å². The fourth-order valence-corrected chi connectivity index (χ4v) is 1.25. The SMILES string of the molecule is CCCCOC(=O)[C@@](N)(C(=O)O)C(C)CC. The molecule has 1 unspecified atom stereocenters. The van der Waals surface area contributed by atoms with Gasteiger partial charge in [0.2, 0.25) is 5.54 Å². The summed E-state index contributed by atoms with van der Waals surface area (Å²) in [5, 5.41) is 9.04. The highest BCUT2D eigenvalue weighted by molar-refractivity contribution is 6.04. The monoisotopic (exact) mass is 231 g/mol. The zero-order valence-electron chi connectivity index (χ0n) is 10.2. The van der Waals surface area contributed by atoms with Gasteiger partial charge in [0.1, 0.15) is 0 Å². The molecule has 0 saturated carbocycles.